The molecular formula is C31H36N6O8S2. The Morgan fingerprint density at radius 1 is 1.19 bits per heavy atom. The standard InChI is InChI=1S/C31H36N6O8S2/c1-19(2)17-37(24(13-20-7-5-4-6-8-20)26(43-3)15-33-31(40)45-28-16-32-18-46-28)47(41,42)21-9-10-22-25(14-21)44-30(35-22)36-29(39)23-11-12-27(38)34-23/h4-10,14,16,18-19,23-24,26H,11-13,15,17H2,1-3H3,(H,33,40)(H,34,38)(H,35,36,39). The number of rotatable bonds is 14. The lowest BCUT2D eigenvalue weighted by Gasteiger charge is -2.36. The van der Waals surface area contributed by atoms with E-state index in [0.29, 0.717) is 17.0 Å². The lowest BCUT2D eigenvalue weighted by atomic mass is 10.00. The molecule has 2 aromatic carbocycles. The minimum atomic E-state index is -4.19. The van der Waals surface area contributed by atoms with Gasteiger partial charge in [-0.1, -0.05) is 55.5 Å². The summed E-state index contributed by atoms with van der Waals surface area (Å²) in [5.41, 5.74) is 2.90. The molecule has 3 unspecified atom stereocenters. The predicted octanol–water partition coefficient (Wildman–Crippen LogP) is 3.56. The Hall–Kier alpha value is -4.38. The number of methoxy groups -OCH3 is 1. The summed E-state index contributed by atoms with van der Waals surface area (Å²) >= 11 is 1.16. The van der Waals surface area contributed by atoms with Crippen molar-refractivity contribution in [1.82, 2.24) is 24.9 Å². The van der Waals surface area contributed by atoms with E-state index < -0.39 is 40.2 Å². The molecular weight excluding hydrogens is 649 g/mol. The fraction of sp³-hybridized carbons (Fsp3) is 0.387. The largest absolute Gasteiger partial charge is 0.423 e. The number of fused-ring (bicyclic) bond motifs is 1. The second kappa shape index (κ2) is 15.0. The van der Waals surface area contributed by atoms with Crippen LogP contribution >= 0.6 is 11.3 Å². The molecule has 0 aliphatic carbocycles. The fourth-order valence-electron chi connectivity index (χ4n) is 5.25. The normalized spacial score (nSPS) is 16.3. The Morgan fingerprint density at radius 2 is 1.98 bits per heavy atom. The number of aromatic nitrogens is 2. The van der Waals surface area contributed by atoms with E-state index in [0.717, 1.165) is 16.9 Å². The molecule has 1 aliphatic rings. The first-order chi connectivity index (χ1) is 22.5. The van der Waals surface area contributed by atoms with Crippen molar-refractivity contribution in [2.45, 2.75) is 56.2 Å². The Balaban J connectivity index is 1.43. The molecule has 0 radical (unpaired) electrons. The zero-order valence-corrected chi connectivity index (χ0v) is 27.7. The SMILES string of the molecule is COC(CNC(=O)Oc1cncs1)C(Cc1ccccc1)N(CC(C)C)S(=O)(=O)c1ccc2nc(NC(=O)C3CCC(=O)N3)oc2c1. The van der Waals surface area contributed by atoms with Crippen LogP contribution in [-0.4, -0.2) is 79.0 Å². The molecule has 0 bridgehead atoms. The Labute approximate surface area is 275 Å². The van der Waals surface area contributed by atoms with Crippen LogP contribution in [0.4, 0.5) is 10.8 Å². The van der Waals surface area contributed by atoms with E-state index in [4.69, 9.17) is 13.9 Å². The monoisotopic (exact) mass is 684 g/mol. The number of nitrogens with zero attached hydrogens (tertiary/aromatic N) is 3. The van der Waals surface area contributed by atoms with E-state index in [-0.39, 0.29) is 54.2 Å². The number of anilines is 1. The van der Waals surface area contributed by atoms with Gasteiger partial charge in [0.1, 0.15) is 11.6 Å². The summed E-state index contributed by atoms with van der Waals surface area (Å²) in [5.74, 6) is -0.759. The van der Waals surface area contributed by atoms with Crippen LogP contribution in [0, 0.1) is 5.92 Å². The molecule has 0 saturated carbocycles. The highest BCUT2D eigenvalue weighted by atomic mass is 32.2. The smallest absolute Gasteiger partial charge is 0.413 e. The third kappa shape index (κ3) is 8.51. The Bertz CT molecular complexity index is 1800. The summed E-state index contributed by atoms with van der Waals surface area (Å²) in [6.45, 7) is 3.93. The third-order valence-corrected chi connectivity index (χ3v) is 10.0. The van der Waals surface area contributed by atoms with E-state index in [9.17, 15) is 22.8 Å². The van der Waals surface area contributed by atoms with Crippen molar-refractivity contribution in [3.05, 3.63) is 65.8 Å². The highest BCUT2D eigenvalue weighted by Crippen LogP contribution is 2.29. The number of benzene rings is 2. The molecule has 3 atom stereocenters. The molecule has 250 valence electrons. The second-order valence-electron chi connectivity index (χ2n) is 11.4. The molecule has 1 saturated heterocycles. The molecule has 2 aromatic heterocycles. The van der Waals surface area contributed by atoms with Crippen molar-refractivity contribution in [3.8, 4) is 5.06 Å². The number of carbonyl (C=O) groups is 3. The van der Waals surface area contributed by atoms with Crippen molar-refractivity contribution in [1.29, 1.82) is 0 Å². The number of sulfonamides is 1. The molecule has 5 rings (SSSR count). The number of amides is 3. The molecule has 3 amide bonds. The number of thiazole rings is 1. The maximum atomic E-state index is 14.5. The minimum Gasteiger partial charge on any atom is -0.423 e. The molecule has 16 heteroatoms. The molecule has 0 spiro atoms. The molecule has 1 aliphatic heterocycles. The predicted molar refractivity (Wildman–Crippen MR) is 173 cm³/mol. The first-order valence-electron chi connectivity index (χ1n) is 15.0. The average molecular weight is 685 g/mol. The highest BCUT2D eigenvalue weighted by molar-refractivity contribution is 7.89. The van der Waals surface area contributed by atoms with Gasteiger partial charge in [-0.2, -0.15) is 9.29 Å². The van der Waals surface area contributed by atoms with Crippen LogP contribution in [0.1, 0.15) is 32.3 Å². The van der Waals surface area contributed by atoms with Crippen molar-refractivity contribution in [2.75, 3.05) is 25.5 Å². The van der Waals surface area contributed by atoms with Crippen molar-refractivity contribution >= 4 is 56.4 Å². The van der Waals surface area contributed by atoms with E-state index in [1.807, 2.05) is 44.2 Å². The van der Waals surface area contributed by atoms with Gasteiger partial charge in [0, 0.05) is 32.7 Å². The van der Waals surface area contributed by atoms with Crippen molar-refractivity contribution < 1.29 is 36.7 Å². The molecule has 47 heavy (non-hydrogen) atoms. The van der Waals surface area contributed by atoms with Crippen LogP contribution < -0.4 is 20.7 Å². The number of carbonyl (C=O) groups excluding carboxylic acids is 3. The highest BCUT2D eigenvalue weighted by Gasteiger charge is 2.38. The lowest BCUT2D eigenvalue weighted by Crippen LogP contribution is -2.53. The number of nitrogens with one attached hydrogen (secondary N) is 3. The fourth-order valence-corrected chi connectivity index (χ4v) is 7.54. The van der Waals surface area contributed by atoms with Gasteiger partial charge in [-0.25, -0.2) is 18.2 Å². The van der Waals surface area contributed by atoms with Crippen LogP contribution in [0.25, 0.3) is 11.1 Å². The maximum Gasteiger partial charge on any atom is 0.413 e. The zero-order valence-electron chi connectivity index (χ0n) is 26.0. The van der Waals surface area contributed by atoms with Gasteiger partial charge in [0.25, 0.3) is 5.91 Å². The number of hydrogen-bond donors (Lipinski definition) is 3. The summed E-state index contributed by atoms with van der Waals surface area (Å²) in [4.78, 5) is 44.8. The molecule has 3 N–H and O–H groups in total. The number of ether oxygens (including phenoxy) is 2. The van der Waals surface area contributed by atoms with E-state index in [2.05, 4.69) is 25.9 Å². The lowest BCUT2D eigenvalue weighted by molar-refractivity contribution is -0.122. The molecule has 3 heterocycles. The van der Waals surface area contributed by atoms with Crippen LogP contribution in [0.2, 0.25) is 0 Å². The average Bonchev–Trinajstić information content (AvgIpc) is 3.81. The zero-order chi connectivity index (χ0) is 33.6. The van der Waals surface area contributed by atoms with Gasteiger partial charge in [0.15, 0.2) is 5.58 Å². The number of oxazole rings is 1. The Kier molecular flexibility index (Phi) is 10.9. The summed E-state index contributed by atoms with van der Waals surface area (Å²) in [6.07, 6.45) is 0.822. The van der Waals surface area contributed by atoms with Crippen LogP contribution in [-0.2, 0) is 30.8 Å². The van der Waals surface area contributed by atoms with Crippen LogP contribution in [0.3, 0.4) is 0 Å². The van der Waals surface area contributed by atoms with Gasteiger partial charge >= 0.3 is 12.1 Å². The van der Waals surface area contributed by atoms with Gasteiger partial charge in [-0.3, -0.25) is 14.9 Å². The quantitative estimate of drug-likeness (QED) is 0.178. The third-order valence-electron chi connectivity index (χ3n) is 7.49. The summed E-state index contributed by atoms with van der Waals surface area (Å²) in [5, 5.41) is 8.14. The van der Waals surface area contributed by atoms with E-state index in [1.165, 1.54) is 41.3 Å². The summed E-state index contributed by atoms with van der Waals surface area (Å²) in [6, 6.07) is 12.2. The van der Waals surface area contributed by atoms with E-state index in [1.54, 1.807) is 0 Å². The molecule has 4 aromatic rings. The maximum absolute atomic E-state index is 14.5. The van der Waals surface area contributed by atoms with Gasteiger partial charge in [-0.05, 0) is 36.5 Å². The molecule has 1 fully saturated rings. The van der Waals surface area contributed by atoms with Crippen LogP contribution in [0.15, 0.2) is 69.6 Å². The topological polar surface area (TPSA) is 182 Å². The van der Waals surface area contributed by atoms with E-state index >= 15 is 0 Å². The van der Waals surface area contributed by atoms with Crippen LogP contribution in [0.5, 0.6) is 5.06 Å². The Morgan fingerprint density at radius 3 is 2.64 bits per heavy atom. The molecule has 14 nitrogen and oxygen atoms in total. The summed E-state index contributed by atoms with van der Waals surface area (Å²) in [7, 11) is -2.73. The first-order valence-corrected chi connectivity index (χ1v) is 17.3. The van der Waals surface area contributed by atoms with Gasteiger partial charge in [0.2, 0.25) is 21.0 Å². The second-order valence-corrected chi connectivity index (χ2v) is 14.1. The number of hydrogen-bond acceptors (Lipinski definition) is 11. The first kappa shape index (κ1) is 34.0. The minimum absolute atomic E-state index is 0.0403. The van der Waals surface area contributed by atoms with Crippen molar-refractivity contribution in [3.63, 3.8) is 0 Å². The van der Waals surface area contributed by atoms with Crippen molar-refractivity contribution in [2.24, 2.45) is 5.92 Å². The summed E-state index contributed by atoms with van der Waals surface area (Å²) < 4.78 is 47.2. The van der Waals surface area contributed by atoms with Gasteiger partial charge in [0.05, 0.1) is 28.7 Å². The van der Waals surface area contributed by atoms with Gasteiger partial charge < -0.3 is 24.5 Å². The van der Waals surface area contributed by atoms with Gasteiger partial charge in [-0.15, -0.1) is 0 Å².